The minimum atomic E-state index is -0.391. The third-order valence-electron chi connectivity index (χ3n) is 2.77. The van der Waals surface area contributed by atoms with Crippen LogP contribution in [0.2, 0.25) is 5.02 Å². The van der Waals surface area contributed by atoms with Crippen molar-refractivity contribution in [3.05, 3.63) is 53.3 Å². The molecule has 7 heteroatoms. The Labute approximate surface area is 132 Å². The lowest BCUT2D eigenvalue weighted by molar-refractivity contribution is -0.115. The Morgan fingerprint density at radius 2 is 2.14 bits per heavy atom. The van der Waals surface area contributed by atoms with Gasteiger partial charge in [-0.15, -0.1) is 0 Å². The second kappa shape index (κ2) is 7.42. The first kappa shape index (κ1) is 15.8. The Hall–Kier alpha value is -2.60. The summed E-state index contributed by atoms with van der Waals surface area (Å²) in [5.74, 6) is -0.282. The van der Waals surface area contributed by atoms with E-state index in [1.54, 1.807) is 36.5 Å². The van der Waals surface area contributed by atoms with Crippen molar-refractivity contribution in [1.29, 1.82) is 0 Å². The molecule has 114 valence electrons. The molecule has 2 N–H and O–H groups in total. The van der Waals surface area contributed by atoms with Gasteiger partial charge in [0.05, 0.1) is 24.9 Å². The fourth-order valence-corrected chi connectivity index (χ4v) is 1.90. The van der Waals surface area contributed by atoms with Crippen molar-refractivity contribution in [2.24, 2.45) is 0 Å². The molecule has 1 aromatic heterocycles. The van der Waals surface area contributed by atoms with E-state index in [0.717, 1.165) is 0 Å². The van der Waals surface area contributed by atoms with E-state index in [9.17, 15) is 9.59 Å². The number of hydrogen-bond donors (Lipinski definition) is 2. The van der Waals surface area contributed by atoms with E-state index in [1.807, 2.05) is 0 Å². The molecule has 2 aromatic rings. The van der Waals surface area contributed by atoms with Crippen LogP contribution in [0, 0.1) is 0 Å². The highest BCUT2D eigenvalue weighted by Crippen LogP contribution is 2.27. The number of hydrogen-bond acceptors (Lipinski definition) is 4. The van der Waals surface area contributed by atoms with Gasteiger partial charge in [0.15, 0.2) is 0 Å². The molecule has 0 fully saturated rings. The van der Waals surface area contributed by atoms with E-state index in [1.165, 1.54) is 13.3 Å². The SMILES string of the molecule is COc1ccc(Cl)cc1NC(=O)CNC(=O)c1cccnc1. The monoisotopic (exact) mass is 319 g/mol. The van der Waals surface area contributed by atoms with E-state index in [2.05, 4.69) is 15.6 Å². The van der Waals surface area contributed by atoms with Gasteiger partial charge in [-0.25, -0.2) is 0 Å². The highest BCUT2D eigenvalue weighted by molar-refractivity contribution is 6.31. The summed E-state index contributed by atoms with van der Waals surface area (Å²) in [6.45, 7) is -0.177. The fraction of sp³-hybridized carbons (Fsp3) is 0.133. The number of anilines is 1. The Morgan fingerprint density at radius 3 is 2.82 bits per heavy atom. The molecule has 0 aliphatic carbocycles. The van der Waals surface area contributed by atoms with Gasteiger partial charge in [-0.05, 0) is 30.3 Å². The molecule has 0 unspecified atom stereocenters. The second-order valence-corrected chi connectivity index (χ2v) is 4.75. The molecular weight excluding hydrogens is 306 g/mol. The average Bonchev–Trinajstić information content (AvgIpc) is 2.53. The Morgan fingerprint density at radius 1 is 1.32 bits per heavy atom. The minimum Gasteiger partial charge on any atom is -0.495 e. The van der Waals surface area contributed by atoms with Crippen LogP contribution < -0.4 is 15.4 Å². The van der Waals surface area contributed by atoms with Gasteiger partial charge >= 0.3 is 0 Å². The zero-order valence-electron chi connectivity index (χ0n) is 11.8. The van der Waals surface area contributed by atoms with Crippen LogP contribution in [0.1, 0.15) is 10.4 Å². The number of rotatable bonds is 5. The number of carbonyl (C=O) groups is 2. The lowest BCUT2D eigenvalue weighted by Crippen LogP contribution is -2.32. The number of carbonyl (C=O) groups excluding carboxylic acids is 2. The zero-order chi connectivity index (χ0) is 15.9. The van der Waals surface area contributed by atoms with Crippen LogP contribution in [0.15, 0.2) is 42.7 Å². The van der Waals surface area contributed by atoms with E-state index in [0.29, 0.717) is 22.0 Å². The molecular formula is C15H14ClN3O3. The number of pyridine rings is 1. The second-order valence-electron chi connectivity index (χ2n) is 4.32. The average molecular weight is 320 g/mol. The number of aromatic nitrogens is 1. The Balaban J connectivity index is 1.94. The standard InChI is InChI=1S/C15H14ClN3O3/c1-22-13-5-4-11(16)7-12(13)19-14(20)9-18-15(21)10-3-2-6-17-8-10/h2-8H,9H2,1H3,(H,18,21)(H,19,20). The van der Waals surface area contributed by atoms with E-state index < -0.39 is 5.91 Å². The summed E-state index contributed by atoms with van der Waals surface area (Å²) in [7, 11) is 1.49. The van der Waals surface area contributed by atoms with Crippen LogP contribution in [-0.2, 0) is 4.79 Å². The molecule has 2 amide bonds. The Bertz CT molecular complexity index is 677. The third-order valence-corrected chi connectivity index (χ3v) is 3.00. The van der Waals surface area contributed by atoms with E-state index in [4.69, 9.17) is 16.3 Å². The van der Waals surface area contributed by atoms with Crippen LogP contribution in [-0.4, -0.2) is 30.5 Å². The normalized spacial score (nSPS) is 9.91. The summed E-state index contributed by atoms with van der Waals surface area (Å²) in [6.07, 6.45) is 2.99. The van der Waals surface area contributed by atoms with Gasteiger partial charge < -0.3 is 15.4 Å². The molecule has 0 saturated heterocycles. The highest BCUT2D eigenvalue weighted by atomic mass is 35.5. The van der Waals surface area contributed by atoms with Crippen LogP contribution in [0.25, 0.3) is 0 Å². The van der Waals surface area contributed by atoms with Crippen LogP contribution in [0.3, 0.4) is 0 Å². The first-order chi connectivity index (χ1) is 10.6. The molecule has 1 heterocycles. The lowest BCUT2D eigenvalue weighted by Gasteiger charge is -2.11. The molecule has 0 aliphatic heterocycles. The Kier molecular flexibility index (Phi) is 5.32. The maximum Gasteiger partial charge on any atom is 0.253 e. The maximum absolute atomic E-state index is 11.9. The molecule has 2 rings (SSSR count). The van der Waals surface area contributed by atoms with Crippen molar-refractivity contribution >= 4 is 29.1 Å². The number of nitrogens with zero attached hydrogens (tertiary/aromatic N) is 1. The number of ether oxygens (including phenoxy) is 1. The maximum atomic E-state index is 11.9. The summed E-state index contributed by atoms with van der Waals surface area (Å²) in [4.78, 5) is 27.5. The summed E-state index contributed by atoms with van der Waals surface area (Å²) >= 11 is 5.88. The van der Waals surface area contributed by atoms with Crippen LogP contribution >= 0.6 is 11.6 Å². The van der Waals surface area contributed by atoms with Gasteiger partial charge in [0.25, 0.3) is 5.91 Å². The zero-order valence-corrected chi connectivity index (χ0v) is 12.6. The summed E-state index contributed by atoms with van der Waals surface area (Å²) in [5.41, 5.74) is 0.825. The van der Waals surface area contributed by atoms with Crippen molar-refractivity contribution in [3.8, 4) is 5.75 Å². The molecule has 0 atom stereocenters. The summed E-state index contributed by atoms with van der Waals surface area (Å²) < 4.78 is 5.13. The lowest BCUT2D eigenvalue weighted by atomic mass is 10.2. The van der Waals surface area contributed by atoms with Gasteiger partial charge in [0.1, 0.15) is 5.75 Å². The summed E-state index contributed by atoms with van der Waals surface area (Å²) in [6, 6.07) is 8.12. The molecule has 1 aromatic carbocycles. The largest absolute Gasteiger partial charge is 0.495 e. The van der Waals surface area contributed by atoms with Crippen molar-refractivity contribution in [1.82, 2.24) is 10.3 Å². The highest BCUT2D eigenvalue weighted by Gasteiger charge is 2.10. The summed E-state index contributed by atoms with van der Waals surface area (Å²) in [5, 5.41) is 5.60. The van der Waals surface area contributed by atoms with Crippen molar-refractivity contribution in [2.75, 3.05) is 19.0 Å². The number of amides is 2. The van der Waals surface area contributed by atoms with Crippen LogP contribution in [0.5, 0.6) is 5.75 Å². The number of methoxy groups -OCH3 is 1. The fourth-order valence-electron chi connectivity index (χ4n) is 1.73. The molecule has 0 aliphatic rings. The first-order valence-electron chi connectivity index (χ1n) is 6.42. The molecule has 22 heavy (non-hydrogen) atoms. The third kappa shape index (κ3) is 4.20. The van der Waals surface area contributed by atoms with Gasteiger partial charge in [-0.2, -0.15) is 0 Å². The predicted molar refractivity (Wildman–Crippen MR) is 83.2 cm³/mol. The molecule has 0 bridgehead atoms. The topological polar surface area (TPSA) is 80.3 Å². The van der Waals surface area contributed by atoms with Crippen molar-refractivity contribution < 1.29 is 14.3 Å². The molecule has 0 spiro atoms. The first-order valence-corrected chi connectivity index (χ1v) is 6.79. The quantitative estimate of drug-likeness (QED) is 0.884. The van der Waals surface area contributed by atoms with Gasteiger partial charge in [-0.3, -0.25) is 14.6 Å². The number of halogens is 1. The van der Waals surface area contributed by atoms with Gasteiger partial charge in [0, 0.05) is 17.4 Å². The predicted octanol–water partition coefficient (Wildman–Crippen LogP) is 2.11. The van der Waals surface area contributed by atoms with Gasteiger partial charge in [-0.1, -0.05) is 11.6 Å². The number of nitrogens with one attached hydrogen (secondary N) is 2. The van der Waals surface area contributed by atoms with Crippen molar-refractivity contribution in [2.45, 2.75) is 0 Å². The van der Waals surface area contributed by atoms with E-state index in [-0.39, 0.29) is 12.5 Å². The molecule has 6 nitrogen and oxygen atoms in total. The smallest absolute Gasteiger partial charge is 0.253 e. The van der Waals surface area contributed by atoms with E-state index >= 15 is 0 Å². The molecule has 0 radical (unpaired) electrons. The minimum absolute atomic E-state index is 0.177. The van der Waals surface area contributed by atoms with Gasteiger partial charge in [0.2, 0.25) is 5.91 Å². The number of benzene rings is 1. The van der Waals surface area contributed by atoms with Crippen molar-refractivity contribution in [3.63, 3.8) is 0 Å². The molecule has 0 saturated carbocycles. The van der Waals surface area contributed by atoms with Crippen LogP contribution in [0.4, 0.5) is 5.69 Å².